The van der Waals surface area contributed by atoms with Gasteiger partial charge >= 0.3 is 12.0 Å². The molecule has 1 aliphatic rings. The van der Waals surface area contributed by atoms with E-state index < -0.39 is 12.0 Å². The summed E-state index contributed by atoms with van der Waals surface area (Å²) >= 11 is 0. The highest BCUT2D eigenvalue weighted by Gasteiger charge is 2.21. The molecule has 0 saturated heterocycles. The molecule has 2 rings (SSSR count). The van der Waals surface area contributed by atoms with E-state index in [-0.39, 0.29) is 18.5 Å². The van der Waals surface area contributed by atoms with Crippen LogP contribution in [0.4, 0.5) is 4.79 Å². The van der Waals surface area contributed by atoms with E-state index >= 15 is 0 Å². The molecule has 0 heterocycles. The van der Waals surface area contributed by atoms with Crippen LogP contribution in [0.25, 0.3) is 0 Å². The molecule has 108 valence electrons. The first-order valence-corrected chi connectivity index (χ1v) is 6.99. The Morgan fingerprint density at radius 1 is 1.20 bits per heavy atom. The number of hydrogen-bond donors (Lipinski definition) is 3. The summed E-state index contributed by atoms with van der Waals surface area (Å²) in [7, 11) is 0. The molecule has 2 amide bonds. The molecule has 0 radical (unpaired) electrons. The number of aliphatic carboxylic acids is 1. The van der Waals surface area contributed by atoms with Crippen LogP contribution in [0.15, 0.2) is 30.3 Å². The molecule has 3 N–H and O–H groups in total. The standard InChI is InChI=1S/C15H20N2O3/c18-14(19)10-13(11-6-2-1-3-7-11)17-15(20)16-12-8-4-5-9-12/h1-3,6-7,12-13H,4-5,8-10H2,(H,18,19)(H2,16,17,20). The van der Waals surface area contributed by atoms with Gasteiger partial charge in [-0.2, -0.15) is 0 Å². The maximum atomic E-state index is 11.9. The van der Waals surface area contributed by atoms with Crippen molar-refractivity contribution in [2.45, 2.75) is 44.2 Å². The monoisotopic (exact) mass is 276 g/mol. The first kappa shape index (κ1) is 14.4. The molecular weight excluding hydrogens is 256 g/mol. The van der Waals surface area contributed by atoms with E-state index in [4.69, 9.17) is 5.11 Å². The Labute approximate surface area is 118 Å². The van der Waals surface area contributed by atoms with Gasteiger partial charge in [-0.05, 0) is 18.4 Å². The van der Waals surface area contributed by atoms with Crippen LogP contribution in [0.5, 0.6) is 0 Å². The third kappa shape index (κ3) is 4.26. The average molecular weight is 276 g/mol. The second-order valence-corrected chi connectivity index (χ2v) is 5.16. The number of nitrogens with one attached hydrogen (secondary N) is 2. The SMILES string of the molecule is O=C(O)CC(NC(=O)NC1CCCC1)c1ccccc1. The van der Waals surface area contributed by atoms with Crippen LogP contribution in [-0.2, 0) is 4.79 Å². The molecule has 0 aromatic heterocycles. The Balaban J connectivity index is 1.96. The van der Waals surface area contributed by atoms with Crippen LogP contribution in [-0.4, -0.2) is 23.1 Å². The molecule has 0 spiro atoms. The van der Waals surface area contributed by atoms with Gasteiger partial charge in [0.15, 0.2) is 0 Å². The molecule has 20 heavy (non-hydrogen) atoms. The van der Waals surface area contributed by atoms with Crippen molar-refractivity contribution in [1.29, 1.82) is 0 Å². The zero-order valence-electron chi connectivity index (χ0n) is 11.3. The van der Waals surface area contributed by atoms with Crippen LogP contribution in [0.1, 0.15) is 43.7 Å². The number of hydrogen-bond acceptors (Lipinski definition) is 2. The van der Waals surface area contributed by atoms with Gasteiger partial charge in [-0.25, -0.2) is 4.79 Å². The molecule has 0 bridgehead atoms. The average Bonchev–Trinajstić information content (AvgIpc) is 2.91. The fraction of sp³-hybridized carbons (Fsp3) is 0.467. The van der Waals surface area contributed by atoms with Gasteiger partial charge in [-0.15, -0.1) is 0 Å². The van der Waals surface area contributed by atoms with E-state index in [2.05, 4.69) is 10.6 Å². The number of urea groups is 1. The molecule has 1 aromatic carbocycles. The van der Waals surface area contributed by atoms with Gasteiger partial charge in [-0.3, -0.25) is 4.79 Å². The van der Waals surface area contributed by atoms with Gasteiger partial charge in [0, 0.05) is 6.04 Å². The Hall–Kier alpha value is -2.04. The Bertz CT molecular complexity index is 455. The molecule has 1 unspecified atom stereocenters. The van der Waals surface area contributed by atoms with Gasteiger partial charge in [-0.1, -0.05) is 43.2 Å². The van der Waals surface area contributed by atoms with Crippen LogP contribution < -0.4 is 10.6 Å². The van der Waals surface area contributed by atoms with Crippen LogP contribution in [0, 0.1) is 0 Å². The van der Waals surface area contributed by atoms with E-state index in [0.29, 0.717) is 0 Å². The highest BCUT2D eigenvalue weighted by molar-refractivity contribution is 5.76. The summed E-state index contributed by atoms with van der Waals surface area (Å²) in [5, 5.41) is 14.6. The molecule has 1 aromatic rings. The molecule has 1 saturated carbocycles. The number of rotatable bonds is 5. The van der Waals surface area contributed by atoms with E-state index in [0.717, 1.165) is 31.2 Å². The summed E-state index contributed by atoms with van der Waals surface area (Å²) < 4.78 is 0. The van der Waals surface area contributed by atoms with Crippen molar-refractivity contribution >= 4 is 12.0 Å². The quantitative estimate of drug-likeness (QED) is 0.773. The molecule has 1 fully saturated rings. The number of carbonyl (C=O) groups excluding carboxylic acids is 1. The zero-order chi connectivity index (χ0) is 14.4. The number of benzene rings is 1. The molecule has 1 aliphatic carbocycles. The van der Waals surface area contributed by atoms with E-state index in [1.165, 1.54) is 0 Å². The van der Waals surface area contributed by atoms with Crippen LogP contribution in [0.3, 0.4) is 0 Å². The first-order valence-electron chi connectivity index (χ1n) is 6.99. The summed E-state index contributed by atoms with van der Waals surface area (Å²) in [6, 6.07) is 8.60. The van der Waals surface area contributed by atoms with Crippen molar-refractivity contribution < 1.29 is 14.7 Å². The lowest BCUT2D eigenvalue weighted by atomic mass is 10.0. The minimum absolute atomic E-state index is 0.123. The van der Waals surface area contributed by atoms with Gasteiger partial charge in [0.25, 0.3) is 0 Å². The smallest absolute Gasteiger partial charge is 0.315 e. The minimum atomic E-state index is -0.931. The molecule has 5 heteroatoms. The summed E-state index contributed by atoms with van der Waals surface area (Å²) in [5.41, 5.74) is 0.802. The minimum Gasteiger partial charge on any atom is -0.481 e. The van der Waals surface area contributed by atoms with Crippen molar-refractivity contribution in [2.75, 3.05) is 0 Å². The second-order valence-electron chi connectivity index (χ2n) is 5.16. The molecule has 1 atom stereocenters. The predicted molar refractivity (Wildman–Crippen MR) is 75.4 cm³/mol. The number of amides is 2. The van der Waals surface area contributed by atoms with Crippen molar-refractivity contribution in [1.82, 2.24) is 10.6 Å². The summed E-state index contributed by atoms with van der Waals surface area (Å²) in [5.74, 6) is -0.931. The maximum Gasteiger partial charge on any atom is 0.315 e. The topological polar surface area (TPSA) is 78.4 Å². The van der Waals surface area contributed by atoms with Crippen molar-refractivity contribution in [3.8, 4) is 0 Å². The lowest BCUT2D eigenvalue weighted by molar-refractivity contribution is -0.137. The zero-order valence-corrected chi connectivity index (χ0v) is 11.3. The Morgan fingerprint density at radius 2 is 1.85 bits per heavy atom. The van der Waals surface area contributed by atoms with Gasteiger partial charge < -0.3 is 15.7 Å². The largest absolute Gasteiger partial charge is 0.481 e. The number of carboxylic acids is 1. The molecule has 0 aliphatic heterocycles. The fourth-order valence-corrected chi connectivity index (χ4v) is 2.57. The summed E-state index contributed by atoms with van der Waals surface area (Å²) in [6.07, 6.45) is 4.16. The molecular formula is C15H20N2O3. The molecule has 5 nitrogen and oxygen atoms in total. The van der Waals surface area contributed by atoms with Crippen LogP contribution >= 0.6 is 0 Å². The van der Waals surface area contributed by atoms with E-state index in [1.54, 1.807) is 0 Å². The number of carbonyl (C=O) groups is 2. The first-order chi connectivity index (χ1) is 9.65. The van der Waals surface area contributed by atoms with Crippen molar-refractivity contribution in [2.24, 2.45) is 0 Å². The van der Waals surface area contributed by atoms with Crippen molar-refractivity contribution in [3.63, 3.8) is 0 Å². The lowest BCUT2D eigenvalue weighted by Gasteiger charge is -2.20. The van der Waals surface area contributed by atoms with E-state index in [1.807, 2.05) is 30.3 Å². The fourth-order valence-electron chi connectivity index (χ4n) is 2.57. The highest BCUT2D eigenvalue weighted by Crippen LogP contribution is 2.19. The predicted octanol–water partition coefficient (Wildman–Crippen LogP) is 2.44. The van der Waals surface area contributed by atoms with Gasteiger partial charge in [0.1, 0.15) is 0 Å². The Morgan fingerprint density at radius 3 is 2.45 bits per heavy atom. The van der Waals surface area contributed by atoms with Gasteiger partial charge in [0.2, 0.25) is 0 Å². The van der Waals surface area contributed by atoms with E-state index in [9.17, 15) is 9.59 Å². The highest BCUT2D eigenvalue weighted by atomic mass is 16.4. The third-order valence-electron chi connectivity index (χ3n) is 3.58. The van der Waals surface area contributed by atoms with Gasteiger partial charge in [0.05, 0.1) is 12.5 Å². The van der Waals surface area contributed by atoms with Crippen LogP contribution in [0.2, 0.25) is 0 Å². The number of carboxylic acid groups (broad SMARTS) is 1. The van der Waals surface area contributed by atoms with Crippen molar-refractivity contribution in [3.05, 3.63) is 35.9 Å². The summed E-state index contributed by atoms with van der Waals surface area (Å²) in [6.45, 7) is 0. The summed E-state index contributed by atoms with van der Waals surface area (Å²) in [4.78, 5) is 22.9. The normalized spacial score (nSPS) is 16.6. The maximum absolute atomic E-state index is 11.9. The third-order valence-corrected chi connectivity index (χ3v) is 3.58. The lowest BCUT2D eigenvalue weighted by Crippen LogP contribution is -2.42. The second kappa shape index (κ2) is 6.93. The Kier molecular flexibility index (Phi) is 4.98.